The summed E-state index contributed by atoms with van der Waals surface area (Å²) in [5.41, 5.74) is -1.41. The fraction of sp³-hybridized carbons (Fsp3) is 0.636. The summed E-state index contributed by atoms with van der Waals surface area (Å²) in [7, 11) is 0. The predicted molar refractivity (Wildman–Crippen MR) is 49.5 cm³/mol. The van der Waals surface area contributed by atoms with Crippen molar-refractivity contribution in [2.75, 3.05) is 0 Å². The van der Waals surface area contributed by atoms with Crippen molar-refractivity contribution in [3.05, 3.63) is 12.2 Å². The second kappa shape index (κ2) is 3.30. The Kier molecular flexibility index (Phi) is 2.25. The van der Waals surface area contributed by atoms with E-state index < -0.39 is 11.6 Å². The quantitative estimate of drug-likeness (QED) is 0.600. The number of aldehydes is 1. The zero-order chi connectivity index (χ0) is 10.2. The maximum Gasteiger partial charge on any atom is 0.155 e. The molecule has 0 spiro atoms. The van der Waals surface area contributed by atoms with E-state index in [9.17, 15) is 14.0 Å². The van der Waals surface area contributed by atoms with Gasteiger partial charge in [-0.15, -0.1) is 0 Å². The zero-order valence-electron chi connectivity index (χ0n) is 7.91. The molecule has 0 amide bonds. The molecule has 1 saturated carbocycles. The minimum atomic E-state index is -1.41. The number of alkyl halides is 1. The molecule has 2 aliphatic rings. The molecule has 3 heteroatoms. The molecule has 0 radical (unpaired) electrons. The summed E-state index contributed by atoms with van der Waals surface area (Å²) in [6, 6.07) is 0. The number of rotatable bonds is 1. The van der Waals surface area contributed by atoms with E-state index in [0.29, 0.717) is 6.42 Å². The molecule has 0 N–H and O–H groups in total. The van der Waals surface area contributed by atoms with Crippen LogP contribution in [0.5, 0.6) is 0 Å². The van der Waals surface area contributed by atoms with Crippen molar-refractivity contribution in [3.63, 3.8) is 0 Å². The van der Waals surface area contributed by atoms with Gasteiger partial charge in [-0.3, -0.25) is 4.79 Å². The van der Waals surface area contributed by atoms with Crippen molar-refractivity contribution in [1.82, 2.24) is 0 Å². The molecule has 3 atom stereocenters. The van der Waals surface area contributed by atoms with Crippen LogP contribution in [0, 0.1) is 11.8 Å². The Morgan fingerprint density at radius 1 is 1.57 bits per heavy atom. The van der Waals surface area contributed by atoms with E-state index in [0.717, 1.165) is 19.1 Å². The average molecular weight is 196 g/mol. The van der Waals surface area contributed by atoms with Crippen molar-refractivity contribution >= 4 is 12.1 Å². The molecule has 0 aromatic rings. The number of ketones is 1. The van der Waals surface area contributed by atoms with Gasteiger partial charge in [0.25, 0.3) is 0 Å². The Labute approximate surface area is 82.2 Å². The summed E-state index contributed by atoms with van der Waals surface area (Å²) in [5.74, 6) is -0.745. The normalized spacial score (nSPS) is 41.9. The summed E-state index contributed by atoms with van der Waals surface area (Å²) in [6.45, 7) is 0. The summed E-state index contributed by atoms with van der Waals surface area (Å²) in [5, 5.41) is 0. The number of hydrogen-bond donors (Lipinski definition) is 0. The van der Waals surface area contributed by atoms with E-state index in [-0.39, 0.29) is 18.1 Å². The van der Waals surface area contributed by atoms with Gasteiger partial charge in [0, 0.05) is 18.3 Å². The van der Waals surface area contributed by atoms with Crippen LogP contribution in [0.3, 0.4) is 0 Å². The second-order valence-electron chi connectivity index (χ2n) is 4.23. The van der Waals surface area contributed by atoms with E-state index in [4.69, 9.17) is 0 Å². The predicted octanol–water partition coefficient (Wildman–Crippen LogP) is 1.84. The van der Waals surface area contributed by atoms with Crippen LogP contribution in [0.15, 0.2) is 12.2 Å². The molecule has 0 saturated heterocycles. The maximum atomic E-state index is 14.2. The number of fused-ring (bicyclic) bond motifs is 1. The first-order valence-corrected chi connectivity index (χ1v) is 5.02. The molecule has 1 fully saturated rings. The van der Waals surface area contributed by atoms with E-state index in [1.807, 2.05) is 0 Å². The fourth-order valence-corrected chi connectivity index (χ4v) is 2.56. The number of allylic oxidation sites excluding steroid dienone is 2. The lowest BCUT2D eigenvalue weighted by Gasteiger charge is -2.40. The van der Waals surface area contributed by atoms with Crippen LogP contribution in [-0.2, 0) is 9.59 Å². The lowest BCUT2D eigenvalue weighted by atomic mass is 9.66. The first-order chi connectivity index (χ1) is 6.65. The molecular weight excluding hydrogens is 183 g/mol. The lowest BCUT2D eigenvalue weighted by Crippen LogP contribution is -2.44. The van der Waals surface area contributed by atoms with Crippen molar-refractivity contribution < 1.29 is 14.0 Å². The molecule has 0 bridgehead atoms. The second-order valence-corrected chi connectivity index (χ2v) is 4.23. The third-order valence-corrected chi connectivity index (χ3v) is 3.37. The summed E-state index contributed by atoms with van der Waals surface area (Å²) in [4.78, 5) is 21.9. The summed E-state index contributed by atoms with van der Waals surface area (Å²) in [6.07, 6.45) is 5.59. The lowest BCUT2D eigenvalue weighted by molar-refractivity contribution is -0.123. The van der Waals surface area contributed by atoms with Gasteiger partial charge in [0.2, 0.25) is 0 Å². The Morgan fingerprint density at radius 2 is 2.36 bits per heavy atom. The Bertz CT molecular complexity index is 298. The molecule has 0 aliphatic heterocycles. The first kappa shape index (κ1) is 9.56. The Morgan fingerprint density at radius 3 is 3.07 bits per heavy atom. The van der Waals surface area contributed by atoms with Crippen LogP contribution in [-0.4, -0.2) is 17.7 Å². The smallest absolute Gasteiger partial charge is 0.155 e. The highest BCUT2D eigenvalue weighted by atomic mass is 19.1. The standard InChI is InChI=1S/C11H13FO2/c12-11-4-1-2-8(7-13)10(11)6-9(14)3-5-11/h3,5,7-8,10H,1-2,4,6H2/t8-,10+,11-/m1/s1. The molecular formula is C11H13FO2. The van der Waals surface area contributed by atoms with Crippen molar-refractivity contribution in [2.24, 2.45) is 11.8 Å². The highest BCUT2D eigenvalue weighted by Gasteiger charge is 2.46. The molecule has 14 heavy (non-hydrogen) atoms. The van der Waals surface area contributed by atoms with Crippen LogP contribution < -0.4 is 0 Å². The van der Waals surface area contributed by atoms with Gasteiger partial charge < -0.3 is 4.79 Å². The maximum absolute atomic E-state index is 14.2. The van der Waals surface area contributed by atoms with E-state index in [2.05, 4.69) is 0 Å². The van der Waals surface area contributed by atoms with Gasteiger partial charge in [-0.25, -0.2) is 4.39 Å². The van der Waals surface area contributed by atoms with Gasteiger partial charge in [0.15, 0.2) is 5.78 Å². The molecule has 2 nitrogen and oxygen atoms in total. The highest BCUT2D eigenvalue weighted by molar-refractivity contribution is 5.91. The van der Waals surface area contributed by atoms with Gasteiger partial charge in [0.1, 0.15) is 12.0 Å². The SMILES string of the molecule is O=C[C@H]1CCC[C@@]2(F)C=CC(=O)C[C@@H]12. The average Bonchev–Trinajstić information content (AvgIpc) is 2.18. The van der Waals surface area contributed by atoms with Gasteiger partial charge in [-0.2, -0.15) is 0 Å². The minimum Gasteiger partial charge on any atom is -0.303 e. The van der Waals surface area contributed by atoms with E-state index in [1.54, 1.807) is 0 Å². The third-order valence-electron chi connectivity index (χ3n) is 3.37. The monoisotopic (exact) mass is 196 g/mol. The minimum absolute atomic E-state index is 0.0583. The summed E-state index contributed by atoms with van der Waals surface area (Å²) >= 11 is 0. The molecule has 2 rings (SSSR count). The topological polar surface area (TPSA) is 34.1 Å². The third kappa shape index (κ3) is 1.41. The molecule has 76 valence electrons. The van der Waals surface area contributed by atoms with Gasteiger partial charge in [0.05, 0.1) is 0 Å². The van der Waals surface area contributed by atoms with Crippen LogP contribution in [0.1, 0.15) is 25.7 Å². The van der Waals surface area contributed by atoms with Crippen LogP contribution in [0.2, 0.25) is 0 Å². The number of hydrogen-bond acceptors (Lipinski definition) is 2. The molecule has 2 aliphatic carbocycles. The van der Waals surface area contributed by atoms with Gasteiger partial charge in [-0.05, 0) is 31.4 Å². The largest absolute Gasteiger partial charge is 0.303 e. The van der Waals surface area contributed by atoms with Crippen molar-refractivity contribution in [2.45, 2.75) is 31.4 Å². The van der Waals surface area contributed by atoms with Crippen LogP contribution in [0.4, 0.5) is 4.39 Å². The molecule has 0 heterocycles. The van der Waals surface area contributed by atoms with E-state index >= 15 is 0 Å². The first-order valence-electron chi connectivity index (χ1n) is 5.02. The molecule has 0 unspecified atom stereocenters. The zero-order valence-corrected chi connectivity index (χ0v) is 7.91. The number of carbonyl (C=O) groups excluding carboxylic acids is 2. The summed E-state index contributed by atoms with van der Waals surface area (Å²) < 4.78 is 14.2. The highest BCUT2D eigenvalue weighted by Crippen LogP contribution is 2.44. The van der Waals surface area contributed by atoms with Crippen LogP contribution in [0.25, 0.3) is 0 Å². The number of carbonyl (C=O) groups is 2. The molecule has 0 aromatic heterocycles. The van der Waals surface area contributed by atoms with Crippen LogP contribution >= 0.6 is 0 Å². The fourth-order valence-electron chi connectivity index (χ4n) is 2.56. The van der Waals surface area contributed by atoms with Gasteiger partial charge in [-0.1, -0.05) is 0 Å². The van der Waals surface area contributed by atoms with Crippen molar-refractivity contribution in [3.8, 4) is 0 Å². The van der Waals surface area contributed by atoms with E-state index in [1.165, 1.54) is 12.2 Å². The Hall–Kier alpha value is -0.990. The Balaban J connectivity index is 2.30. The molecule has 0 aromatic carbocycles. The van der Waals surface area contributed by atoms with Gasteiger partial charge >= 0.3 is 0 Å². The van der Waals surface area contributed by atoms with Crippen molar-refractivity contribution in [1.29, 1.82) is 0 Å². The number of halogens is 1.